The van der Waals surface area contributed by atoms with Gasteiger partial charge in [-0.15, -0.1) is 0 Å². The minimum Gasteiger partial charge on any atom is -0.287 e. The minimum atomic E-state index is -0.299. The number of rotatable bonds is 1. The van der Waals surface area contributed by atoms with Crippen molar-refractivity contribution in [2.75, 3.05) is 0 Å². The summed E-state index contributed by atoms with van der Waals surface area (Å²) >= 11 is 3.27. The Kier molecular flexibility index (Phi) is 3.43. The second-order valence-corrected chi connectivity index (χ2v) is 4.95. The van der Waals surface area contributed by atoms with Gasteiger partial charge in [0.2, 0.25) is 0 Å². The SMILES string of the molecule is CC(C)(C)NC1N=C(Br)C=CC1=C=O. The summed E-state index contributed by atoms with van der Waals surface area (Å²) in [5.74, 6) is 1.89. The molecule has 1 atom stereocenters. The van der Waals surface area contributed by atoms with E-state index in [1.165, 1.54) is 0 Å². The summed E-state index contributed by atoms with van der Waals surface area (Å²) < 4.78 is 0.734. The number of allylic oxidation sites excluding steroid dienone is 1. The normalized spacial score (nSPS) is 21.9. The maximum atomic E-state index is 10.6. The fraction of sp³-hybridized carbons (Fsp3) is 0.500. The standard InChI is InChI=1S/C10H13BrN2O/c1-10(2,3)13-9-7(6-14)4-5-8(11)12-9/h4-5,9,13H,1-3H3. The summed E-state index contributed by atoms with van der Waals surface area (Å²) in [4.78, 5) is 14.9. The molecule has 1 heterocycles. The lowest BCUT2D eigenvalue weighted by atomic mass is 10.1. The highest BCUT2D eigenvalue weighted by atomic mass is 79.9. The molecule has 0 fully saturated rings. The van der Waals surface area contributed by atoms with Crippen LogP contribution in [0, 0.1) is 0 Å². The molecule has 0 saturated carbocycles. The van der Waals surface area contributed by atoms with E-state index in [-0.39, 0.29) is 11.7 Å². The largest absolute Gasteiger partial charge is 0.287 e. The fourth-order valence-electron chi connectivity index (χ4n) is 1.10. The zero-order valence-electron chi connectivity index (χ0n) is 8.47. The number of halogens is 1. The molecule has 0 radical (unpaired) electrons. The van der Waals surface area contributed by atoms with Gasteiger partial charge in [0.25, 0.3) is 0 Å². The van der Waals surface area contributed by atoms with Crippen molar-refractivity contribution in [3.8, 4) is 0 Å². The molecule has 0 aromatic heterocycles. The van der Waals surface area contributed by atoms with Crippen molar-refractivity contribution in [3.63, 3.8) is 0 Å². The van der Waals surface area contributed by atoms with E-state index in [1.807, 2.05) is 26.7 Å². The first-order valence-corrected chi connectivity index (χ1v) is 5.16. The van der Waals surface area contributed by atoms with Gasteiger partial charge in [-0.3, -0.25) is 10.3 Å². The van der Waals surface area contributed by atoms with E-state index in [0.717, 1.165) is 4.62 Å². The Morgan fingerprint density at radius 1 is 1.50 bits per heavy atom. The Morgan fingerprint density at radius 3 is 2.64 bits per heavy atom. The molecule has 4 heteroatoms. The summed E-state index contributed by atoms with van der Waals surface area (Å²) in [6, 6.07) is 0. The molecule has 1 aliphatic rings. The quantitative estimate of drug-likeness (QED) is 0.728. The molecule has 1 unspecified atom stereocenters. The van der Waals surface area contributed by atoms with E-state index < -0.39 is 0 Å². The first kappa shape index (κ1) is 11.4. The molecule has 0 saturated heterocycles. The predicted octanol–water partition coefficient (Wildman–Crippen LogP) is 1.82. The van der Waals surface area contributed by atoms with Crippen LogP contribution in [-0.4, -0.2) is 22.3 Å². The topological polar surface area (TPSA) is 41.5 Å². The number of nitrogens with one attached hydrogen (secondary N) is 1. The number of dihydropyridines is 1. The van der Waals surface area contributed by atoms with Crippen LogP contribution in [0.25, 0.3) is 0 Å². The molecule has 76 valence electrons. The number of hydrogen-bond donors (Lipinski definition) is 1. The number of hydrogen-bond acceptors (Lipinski definition) is 3. The van der Waals surface area contributed by atoms with E-state index >= 15 is 0 Å². The van der Waals surface area contributed by atoms with Crippen LogP contribution in [-0.2, 0) is 4.79 Å². The van der Waals surface area contributed by atoms with Crippen molar-refractivity contribution in [1.29, 1.82) is 0 Å². The summed E-state index contributed by atoms with van der Waals surface area (Å²) in [5, 5.41) is 3.22. The van der Waals surface area contributed by atoms with Gasteiger partial charge in [-0.1, -0.05) is 0 Å². The molecular weight excluding hydrogens is 244 g/mol. The van der Waals surface area contributed by atoms with Gasteiger partial charge in [-0.25, -0.2) is 4.79 Å². The van der Waals surface area contributed by atoms with Crippen LogP contribution in [0.5, 0.6) is 0 Å². The third-order valence-electron chi connectivity index (χ3n) is 1.64. The molecule has 1 N–H and O–H groups in total. The summed E-state index contributed by atoms with van der Waals surface area (Å²) in [6.07, 6.45) is 3.15. The Bertz CT molecular complexity index is 333. The zero-order valence-corrected chi connectivity index (χ0v) is 10.1. The van der Waals surface area contributed by atoms with Gasteiger partial charge in [-0.05, 0) is 48.9 Å². The Hall–Kier alpha value is -0.700. The third-order valence-corrected chi connectivity index (χ3v) is 2.10. The van der Waals surface area contributed by atoms with Crippen LogP contribution < -0.4 is 5.32 Å². The summed E-state index contributed by atoms with van der Waals surface area (Å²) in [6.45, 7) is 6.07. The summed E-state index contributed by atoms with van der Waals surface area (Å²) in [5.41, 5.74) is 0.442. The number of carbonyl (C=O) groups excluding carboxylic acids is 1. The first-order chi connectivity index (χ1) is 6.42. The molecule has 0 amide bonds. The molecule has 0 aromatic rings. The molecule has 1 rings (SSSR count). The lowest BCUT2D eigenvalue weighted by Crippen LogP contribution is -2.44. The number of aliphatic imine (C=N–C) groups is 1. The third kappa shape index (κ3) is 3.22. The molecule has 0 aromatic carbocycles. The highest BCUT2D eigenvalue weighted by Crippen LogP contribution is 2.15. The Labute approximate surface area is 92.1 Å². The van der Waals surface area contributed by atoms with E-state index in [4.69, 9.17) is 0 Å². The molecule has 0 aliphatic carbocycles. The van der Waals surface area contributed by atoms with Gasteiger partial charge < -0.3 is 0 Å². The highest BCUT2D eigenvalue weighted by Gasteiger charge is 2.21. The molecule has 0 spiro atoms. The maximum Gasteiger partial charge on any atom is 0.137 e. The maximum absolute atomic E-state index is 10.6. The molecule has 0 bridgehead atoms. The molecule has 14 heavy (non-hydrogen) atoms. The monoisotopic (exact) mass is 256 g/mol. The Balaban J connectivity index is 2.86. The van der Waals surface area contributed by atoms with Gasteiger partial charge in [0.05, 0.1) is 5.57 Å². The second kappa shape index (κ2) is 4.22. The van der Waals surface area contributed by atoms with Crippen LogP contribution in [0.4, 0.5) is 0 Å². The predicted molar refractivity (Wildman–Crippen MR) is 61.4 cm³/mol. The van der Waals surface area contributed by atoms with Crippen LogP contribution >= 0.6 is 15.9 Å². The van der Waals surface area contributed by atoms with Crippen molar-refractivity contribution in [2.24, 2.45) is 4.99 Å². The van der Waals surface area contributed by atoms with Crippen molar-refractivity contribution in [2.45, 2.75) is 32.5 Å². The van der Waals surface area contributed by atoms with Crippen LogP contribution in [0.3, 0.4) is 0 Å². The van der Waals surface area contributed by atoms with Gasteiger partial charge in [0.1, 0.15) is 16.7 Å². The lowest BCUT2D eigenvalue weighted by molar-refractivity contribution is 0.391. The number of nitrogens with zero attached hydrogens (tertiary/aromatic N) is 1. The Morgan fingerprint density at radius 2 is 2.14 bits per heavy atom. The van der Waals surface area contributed by atoms with E-state index in [2.05, 4.69) is 26.2 Å². The average molecular weight is 257 g/mol. The van der Waals surface area contributed by atoms with Gasteiger partial charge in [0.15, 0.2) is 0 Å². The van der Waals surface area contributed by atoms with Crippen molar-refractivity contribution in [1.82, 2.24) is 5.32 Å². The van der Waals surface area contributed by atoms with E-state index in [0.29, 0.717) is 5.57 Å². The average Bonchev–Trinajstić information content (AvgIpc) is 2.01. The molecule has 1 aliphatic heterocycles. The molecular formula is C10H13BrN2O. The van der Waals surface area contributed by atoms with Crippen molar-refractivity contribution in [3.05, 3.63) is 17.7 Å². The minimum absolute atomic E-state index is 0.0886. The van der Waals surface area contributed by atoms with E-state index in [1.54, 1.807) is 12.2 Å². The lowest BCUT2D eigenvalue weighted by Gasteiger charge is -2.26. The summed E-state index contributed by atoms with van der Waals surface area (Å²) in [7, 11) is 0. The zero-order chi connectivity index (χ0) is 10.8. The first-order valence-electron chi connectivity index (χ1n) is 4.36. The van der Waals surface area contributed by atoms with Crippen LogP contribution in [0.2, 0.25) is 0 Å². The van der Waals surface area contributed by atoms with Gasteiger partial charge in [0, 0.05) is 5.54 Å². The second-order valence-electron chi connectivity index (χ2n) is 4.14. The van der Waals surface area contributed by atoms with E-state index in [9.17, 15) is 4.79 Å². The fourth-order valence-corrected chi connectivity index (χ4v) is 1.43. The van der Waals surface area contributed by atoms with Crippen LogP contribution in [0.1, 0.15) is 20.8 Å². The van der Waals surface area contributed by atoms with Gasteiger partial charge >= 0.3 is 0 Å². The molecule has 3 nitrogen and oxygen atoms in total. The van der Waals surface area contributed by atoms with Crippen molar-refractivity contribution >= 4 is 26.5 Å². The smallest absolute Gasteiger partial charge is 0.137 e. The van der Waals surface area contributed by atoms with Gasteiger partial charge in [-0.2, -0.15) is 0 Å². The highest BCUT2D eigenvalue weighted by molar-refractivity contribution is 9.18. The van der Waals surface area contributed by atoms with Crippen molar-refractivity contribution < 1.29 is 4.79 Å². The van der Waals surface area contributed by atoms with Crippen LogP contribution in [0.15, 0.2) is 22.7 Å².